The molecule has 0 aliphatic rings. The SMILES string of the molecule is c1ccc(-n2c3ccccc3c3cccc(-c4ccc5c(c4)c4ccccc4n5-c4ncccn4)c32)cc1. The second-order valence-corrected chi connectivity index (χ2v) is 9.52. The second-order valence-electron chi connectivity index (χ2n) is 9.52. The molecule has 4 nitrogen and oxygen atoms in total. The minimum Gasteiger partial charge on any atom is -0.309 e. The van der Waals surface area contributed by atoms with E-state index in [2.05, 4.69) is 134 Å². The lowest BCUT2D eigenvalue weighted by atomic mass is 10.00. The number of hydrogen-bond donors (Lipinski definition) is 0. The molecule has 0 saturated heterocycles. The van der Waals surface area contributed by atoms with E-state index in [0.717, 1.165) is 16.7 Å². The molecule has 8 aromatic rings. The van der Waals surface area contributed by atoms with Crippen molar-refractivity contribution in [3.63, 3.8) is 0 Å². The summed E-state index contributed by atoms with van der Waals surface area (Å²) in [4.78, 5) is 9.12. The Kier molecular flexibility index (Phi) is 4.49. The Morgan fingerprint density at radius 1 is 0.447 bits per heavy atom. The number of rotatable bonds is 3. The van der Waals surface area contributed by atoms with E-state index in [9.17, 15) is 0 Å². The largest absolute Gasteiger partial charge is 0.309 e. The summed E-state index contributed by atoms with van der Waals surface area (Å²) >= 11 is 0. The van der Waals surface area contributed by atoms with Crippen LogP contribution in [0.5, 0.6) is 0 Å². The van der Waals surface area contributed by atoms with Gasteiger partial charge in [-0.3, -0.25) is 4.57 Å². The summed E-state index contributed by atoms with van der Waals surface area (Å²) in [5.74, 6) is 0.678. The van der Waals surface area contributed by atoms with Gasteiger partial charge in [0.25, 0.3) is 0 Å². The van der Waals surface area contributed by atoms with E-state index in [0.29, 0.717) is 5.95 Å². The van der Waals surface area contributed by atoms with Crippen molar-refractivity contribution < 1.29 is 0 Å². The lowest BCUT2D eigenvalue weighted by Gasteiger charge is -2.12. The summed E-state index contributed by atoms with van der Waals surface area (Å²) in [5, 5.41) is 4.88. The van der Waals surface area contributed by atoms with Gasteiger partial charge in [0.2, 0.25) is 5.95 Å². The Labute approximate surface area is 219 Å². The third-order valence-corrected chi connectivity index (χ3v) is 7.44. The van der Waals surface area contributed by atoms with E-state index in [-0.39, 0.29) is 0 Å². The maximum Gasteiger partial charge on any atom is 0.234 e. The first-order valence-corrected chi connectivity index (χ1v) is 12.8. The average molecular weight is 487 g/mol. The van der Waals surface area contributed by atoms with Crippen LogP contribution < -0.4 is 0 Å². The Bertz CT molecular complexity index is 2120. The van der Waals surface area contributed by atoms with Gasteiger partial charge in [-0.05, 0) is 48.0 Å². The summed E-state index contributed by atoms with van der Waals surface area (Å²) in [5.41, 5.74) is 8.16. The predicted molar refractivity (Wildman–Crippen MR) is 156 cm³/mol. The molecule has 5 aromatic carbocycles. The molecule has 0 unspecified atom stereocenters. The third kappa shape index (κ3) is 2.98. The van der Waals surface area contributed by atoms with Gasteiger partial charge in [0.15, 0.2) is 0 Å². The van der Waals surface area contributed by atoms with Crippen molar-refractivity contribution in [2.45, 2.75) is 0 Å². The molecule has 0 amide bonds. The topological polar surface area (TPSA) is 35.6 Å². The molecule has 3 heterocycles. The van der Waals surface area contributed by atoms with E-state index < -0.39 is 0 Å². The van der Waals surface area contributed by atoms with E-state index in [1.54, 1.807) is 12.4 Å². The molecular formula is C34H22N4. The van der Waals surface area contributed by atoms with Crippen LogP contribution in [0, 0.1) is 0 Å². The first-order chi connectivity index (χ1) is 18.9. The number of nitrogens with zero attached hydrogens (tertiary/aromatic N) is 4. The van der Waals surface area contributed by atoms with Gasteiger partial charge in [0.05, 0.1) is 22.1 Å². The fourth-order valence-corrected chi connectivity index (χ4v) is 5.86. The smallest absolute Gasteiger partial charge is 0.234 e. The second kappa shape index (κ2) is 8.15. The molecule has 0 bridgehead atoms. The molecule has 0 spiro atoms. The van der Waals surface area contributed by atoms with Gasteiger partial charge in [-0.2, -0.15) is 0 Å². The van der Waals surface area contributed by atoms with Crippen molar-refractivity contribution in [3.8, 4) is 22.8 Å². The molecule has 38 heavy (non-hydrogen) atoms. The first kappa shape index (κ1) is 20.9. The van der Waals surface area contributed by atoms with Crippen molar-refractivity contribution in [2.24, 2.45) is 0 Å². The summed E-state index contributed by atoms with van der Waals surface area (Å²) in [6, 6.07) is 43.0. The van der Waals surface area contributed by atoms with Crippen LogP contribution >= 0.6 is 0 Å². The number of para-hydroxylation sites is 4. The van der Waals surface area contributed by atoms with Crippen molar-refractivity contribution in [1.29, 1.82) is 0 Å². The third-order valence-electron chi connectivity index (χ3n) is 7.44. The molecule has 3 aromatic heterocycles. The van der Waals surface area contributed by atoms with E-state index in [4.69, 9.17) is 0 Å². The van der Waals surface area contributed by atoms with Crippen LogP contribution in [0.2, 0.25) is 0 Å². The normalized spacial score (nSPS) is 11.7. The Hall–Kier alpha value is -5.22. The van der Waals surface area contributed by atoms with Crippen molar-refractivity contribution >= 4 is 43.6 Å². The van der Waals surface area contributed by atoms with Crippen molar-refractivity contribution in [1.82, 2.24) is 19.1 Å². The molecule has 0 aliphatic carbocycles. The van der Waals surface area contributed by atoms with Crippen LogP contribution in [-0.4, -0.2) is 19.1 Å². The summed E-state index contributed by atoms with van der Waals surface area (Å²) in [6.07, 6.45) is 3.58. The molecular weight excluding hydrogens is 464 g/mol. The Morgan fingerprint density at radius 2 is 1.08 bits per heavy atom. The van der Waals surface area contributed by atoms with Gasteiger partial charge in [0.1, 0.15) is 0 Å². The Balaban J connectivity index is 1.46. The van der Waals surface area contributed by atoms with Gasteiger partial charge >= 0.3 is 0 Å². The van der Waals surface area contributed by atoms with Crippen molar-refractivity contribution in [2.75, 3.05) is 0 Å². The van der Waals surface area contributed by atoms with Crippen LogP contribution in [-0.2, 0) is 0 Å². The highest BCUT2D eigenvalue weighted by Gasteiger charge is 2.18. The van der Waals surface area contributed by atoms with E-state index in [1.165, 1.54) is 43.7 Å². The zero-order valence-electron chi connectivity index (χ0n) is 20.5. The van der Waals surface area contributed by atoms with E-state index in [1.807, 2.05) is 6.07 Å². The lowest BCUT2D eigenvalue weighted by molar-refractivity contribution is 0.988. The highest BCUT2D eigenvalue weighted by atomic mass is 15.1. The highest BCUT2D eigenvalue weighted by molar-refractivity contribution is 6.15. The quantitative estimate of drug-likeness (QED) is 0.252. The molecule has 178 valence electrons. The molecule has 8 rings (SSSR count). The maximum absolute atomic E-state index is 4.56. The van der Waals surface area contributed by atoms with Gasteiger partial charge in [0, 0.05) is 45.2 Å². The van der Waals surface area contributed by atoms with Gasteiger partial charge in [-0.1, -0.05) is 78.9 Å². The standard InChI is InChI=1S/C34H22N4/c1-2-10-24(11-3-1)37-30-16-6-4-12-26(30)28-15-8-14-25(33(28)37)23-18-19-32-29(22-23)27-13-5-7-17-31(27)38(32)34-35-20-9-21-36-34/h1-22H. The first-order valence-electron chi connectivity index (χ1n) is 12.8. The minimum absolute atomic E-state index is 0.678. The molecule has 0 saturated carbocycles. The molecule has 4 heteroatoms. The van der Waals surface area contributed by atoms with Crippen LogP contribution in [0.25, 0.3) is 66.4 Å². The highest BCUT2D eigenvalue weighted by Crippen LogP contribution is 2.40. The molecule has 0 N–H and O–H groups in total. The molecule has 0 atom stereocenters. The van der Waals surface area contributed by atoms with Crippen LogP contribution in [0.1, 0.15) is 0 Å². The monoisotopic (exact) mass is 486 g/mol. The number of hydrogen-bond acceptors (Lipinski definition) is 2. The fourth-order valence-electron chi connectivity index (χ4n) is 5.86. The number of fused-ring (bicyclic) bond motifs is 6. The zero-order chi connectivity index (χ0) is 25.1. The minimum atomic E-state index is 0.678. The zero-order valence-corrected chi connectivity index (χ0v) is 20.5. The predicted octanol–water partition coefficient (Wildman–Crippen LogP) is 8.34. The number of benzene rings is 5. The lowest BCUT2D eigenvalue weighted by Crippen LogP contribution is -1.99. The fraction of sp³-hybridized carbons (Fsp3) is 0. The Morgan fingerprint density at radius 3 is 1.87 bits per heavy atom. The summed E-state index contributed by atoms with van der Waals surface area (Å²) < 4.78 is 4.54. The average Bonchev–Trinajstić information content (AvgIpc) is 3.51. The van der Waals surface area contributed by atoms with Crippen LogP contribution in [0.3, 0.4) is 0 Å². The van der Waals surface area contributed by atoms with E-state index >= 15 is 0 Å². The van der Waals surface area contributed by atoms with Crippen LogP contribution in [0.15, 0.2) is 134 Å². The maximum atomic E-state index is 4.56. The van der Waals surface area contributed by atoms with Crippen molar-refractivity contribution in [3.05, 3.63) is 134 Å². The molecule has 0 aliphatic heterocycles. The van der Waals surface area contributed by atoms with Gasteiger partial charge in [-0.15, -0.1) is 0 Å². The summed E-state index contributed by atoms with van der Waals surface area (Å²) in [7, 11) is 0. The number of aromatic nitrogens is 4. The molecule has 0 fully saturated rings. The van der Waals surface area contributed by atoms with Gasteiger partial charge < -0.3 is 4.57 Å². The molecule has 0 radical (unpaired) electrons. The van der Waals surface area contributed by atoms with Gasteiger partial charge in [-0.25, -0.2) is 9.97 Å². The summed E-state index contributed by atoms with van der Waals surface area (Å²) in [6.45, 7) is 0. The van der Waals surface area contributed by atoms with Crippen LogP contribution in [0.4, 0.5) is 0 Å².